The lowest BCUT2D eigenvalue weighted by Crippen LogP contribution is -2.47. The molecule has 10 heteroatoms. The van der Waals surface area contributed by atoms with Crippen molar-refractivity contribution in [3.63, 3.8) is 0 Å². The highest BCUT2D eigenvalue weighted by atomic mass is 35.5. The average Bonchev–Trinajstić information content (AvgIpc) is 3.08. The van der Waals surface area contributed by atoms with Gasteiger partial charge in [0.25, 0.3) is 0 Å². The molecule has 34 heavy (non-hydrogen) atoms. The van der Waals surface area contributed by atoms with Gasteiger partial charge in [0.2, 0.25) is 11.8 Å². The van der Waals surface area contributed by atoms with Crippen LogP contribution in [-0.2, 0) is 14.3 Å². The standard InChI is InChI=1S/C24H30Cl2N4O4/c25-19-4-2-18(16-20(19)26)3-5-21(31)30-11-6-22(32)29(14-15-30)10-1-9-28-12-7-24(8-13-28)17-27-23(33)34-24/h2-5,16H,1,6-15,17H2,(H,27,33)/b5-3+. The number of amides is 3. The summed E-state index contributed by atoms with van der Waals surface area (Å²) in [4.78, 5) is 42.5. The third-order valence-corrected chi connectivity index (χ3v) is 7.53. The Morgan fingerprint density at radius 1 is 1.06 bits per heavy atom. The van der Waals surface area contributed by atoms with Crippen LogP contribution in [-0.4, -0.2) is 90.6 Å². The van der Waals surface area contributed by atoms with Crippen molar-refractivity contribution in [3.05, 3.63) is 39.9 Å². The van der Waals surface area contributed by atoms with Gasteiger partial charge in [-0.1, -0.05) is 29.3 Å². The summed E-state index contributed by atoms with van der Waals surface area (Å²) in [6.07, 6.45) is 5.78. The first-order valence-corrected chi connectivity index (χ1v) is 12.5. The number of carbonyl (C=O) groups is 3. The van der Waals surface area contributed by atoms with Crippen LogP contribution in [0.25, 0.3) is 6.08 Å². The maximum Gasteiger partial charge on any atom is 0.407 e. The van der Waals surface area contributed by atoms with Gasteiger partial charge < -0.3 is 24.8 Å². The second-order valence-corrected chi connectivity index (χ2v) is 9.90. The average molecular weight is 509 g/mol. The second-order valence-electron chi connectivity index (χ2n) is 9.08. The normalized spacial score (nSPS) is 21.1. The Bertz CT molecular complexity index is 962. The summed E-state index contributed by atoms with van der Waals surface area (Å²) in [6, 6.07) is 5.20. The first-order chi connectivity index (χ1) is 16.3. The molecular formula is C24H30Cl2N4O4. The van der Waals surface area contributed by atoms with Gasteiger partial charge in [0.1, 0.15) is 5.60 Å². The van der Waals surface area contributed by atoms with Crippen LogP contribution in [0, 0.1) is 0 Å². The molecule has 4 rings (SSSR count). The number of ether oxygens (including phenoxy) is 1. The lowest BCUT2D eigenvalue weighted by molar-refractivity contribution is -0.130. The third-order valence-electron chi connectivity index (χ3n) is 6.80. The van der Waals surface area contributed by atoms with Crippen molar-refractivity contribution < 1.29 is 19.1 Å². The zero-order chi connectivity index (χ0) is 24.1. The molecule has 1 aromatic rings. The first kappa shape index (κ1) is 24.8. The monoisotopic (exact) mass is 508 g/mol. The van der Waals surface area contributed by atoms with E-state index in [1.807, 2.05) is 4.90 Å². The quantitative estimate of drug-likeness (QED) is 0.597. The van der Waals surface area contributed by atoms with Crippen molar-refractivity contribution in [1.82, 2.24) is 20.0 Å². The fraction of sp³-hybridized carbons (Fsp3) is 0.542. The Morgan fingerprint density at radius 2 is 1.85 bits per heavy atom. The highest BCUT2D eigenvalue weighted by Crippen LogP contribution is 2.29. The van der Waals surface area contributed by atoms with Crippen LogP contribution in [0.5, 0.6) is 0 Å². The van der Waals surface area contributed by atoms with Gasteiger partial charge in [0, 0.05) is 64.6 Å². The number of benzene rings is 1. The maximum absolute atomic E-state index is 12.6. The zero-order valence-electron chi connectivity index (χ0n) is 19.1. The van der Waals surface area contributed by atoms with E-state index in [1.165, 1.54) is 6.08 Å². The molecule has 0 aromatic heterocycles. The SMILES string of the molecule is O=C1NCC2(CCN(CCCN3CCN(C(=O)/C=C/c4ccc(Cl)c(Cl)c4)CCC3=O)CC2)O1. The van der Waals surface area contributed by atoms with Crippen LogP contribution in [0.15, 0.2) is 24.3 Å². The summed E-state index contributed by atoms with van der Waals surface area (Å²) in [5, 5.41) is 3.67. The van der Waals surface area contributed by atoms with E-state index in [9.17, 15) is 14.4 Å². The topological polar surface area (TPSA) is 82.2 Å². The van der Waals surface area contributed by atoms with Crippen LogP contribution >= 0.6 is 23.2 Å². The lowest BCUT2D eigenvalue weighted by atomic mass is 9.91. The molecule has 184 valence electrons. The van der Waals surface area contributed by atoms with E-state index in [4.69, 9.17) is 27.9 Å². The lowest BCUT2D eigenvalue weighted by Gasteiger charge is -2.37. The molecule has 8 nitrogen and oxygen atoms in total. The zero-order valence-corrected chi connectivity index (χ0v) is 20.6. The molecule has 0 unspecified atom stereocenters. The van der Waals surface area contributed by atoms with Gasteiger partial charge in [-0.15, -0.1) is 0 Å². The van der Waals surface area contributed by atoms with Gasteiger partial charge in [-0.05, 0) is 36.7 Å². The van der Waals surface area contributed by atoms with Crippen LogP contribution in [0.2, 0.25) is 10.0 Å². The summed E-state index contributed by atoms with van der Waals surface area (Å²) in [7, 11) is 0. The largest absolute Gasteiger partial charge is 0.441 e. The molecular weight excluding hydrogens is 479 g/mol. The van der Waals surface area contributed by atoms with E-state index in [-0.39, 0.29) is 23.5 Å². The molecule has 0 aliphatic carbocycles. The fourth-order valence-electron chi connectivity index (χ4n) is 4.66. The van der Waals surface area contributed by atoms with Gasteiger partial charge in [-0.3, -0.25) is 9.59 Å². The first-order valence-electron chi connectivity index (χ1n) is 11.7. The van der Waals surface area contributed by atoms with Crippen LogP contribution in [0.4, 0.5) is 4.79 Å². The minimum atomic E-state index is -0.335. The number of likely N-dealkylation sites (tertiary alicyclic amines) is 1. The molecule has 3 fully saturated rings. The number of carbonyl (C=O) groups excluding carboxylic acids is 3. The number of rotatable bonds is 6. The predicted molar refractivity (Wildman–Crippen MR) is 131 cm³/mol. The number of halogens is 2. The molecule has 3 aliphatic heterocycles. The molecule has 0 bridgehead atoms. The van der Waals surface area contributed by atoms with Crippen molar-refractivity contribution in [1.29, 1.82) is 0 Å². The van der Waals surface area contributed by atoms with E-state index in [0.717, 1.165) is 44.5 Å². The third kappa shape index (κ3) is 6.23. The Balaban J connectivity index is 1.20. The van der Waals surface area contributed by atoms with Crippen LogP contribution < -0.4 is 5.32 Å². The highest BCUT2D eigenvalue weighted by molar-refractivity contribution is 6.42. The van der Waals surface area contributed by atoms with Gasteiger partial charge in [0.15, 0.2) is 0 Å². The Morgan fingerprint density at radius 3 is 2.56 bits per heavy atom. The van der Waals surface area contributed by atoms with E-state index in [1.54, 1.807) is 29.2 Å². The minimum Gasteiger partial charge on any atom is -0.441 e. The Labute approximate surface area is 209 Å². The number of nitrogens with one attached hydrogen (secondary N) is 1. The minimum absolute atomic E-state index is 0.0882. The molecule has 0 radical (unpaired) electrons. The number of hydrogen-bond acceptors (Lipinski definition) is 5. The van der Waals surface area contributed by atoms with Crippen molar-refractivity contribution in [3.8, 4) is 0 Å². The predicted octanol–water partition coefficient (Wildman–Crippen LogP) is 3.03. The molecule has 1 aromatic carbocycles. The molecule has 0 saturated carbocycles. The molecule has 3 heterocycles. The van der Waals surface area contributed by atoms with E-state index < -0.39 is 0 Å². The molecule has 0 atom stereocenters. The van der Waals surface area contributed by atoms with Crippen molar-refractivity contribution in [2.75, 3.05) is 52.4 Å². The van der Waals surface area contributed by atoms with Gasteiger partial charge in [-0.2, -0.15) is 0 Å². The van der Waals surface area contributed by atoms with E-state index >= 15 is 0 Å². The summed E-state index contributed by atoms with van der Waals surface area (Å²) in [5.41, 5.74) is 0.458. The van der Waals surface area contributed by atoms with Crippen molar-refractivity contribution in [2.24, 2.45) is 0 Å². The van der Waals surface area contributed by atoms with Crippen LogP contribution in [0.3, 0.4) is 0 Å². The fourth-order valence-corrected chi connectivity index (χ4v) is 4.97. The van der Waals surface area contributed by atoms with Gasteiger partial charge >= 0.3 is 6.09 Å². The Kier molecular flexibility index (Phi) is 8.01. The molecule has 1 spiro atoms. The van der Waals surface area contributed by atoms with Crippen molar-refractivity contribution >= 4 is 47.2 Å². The van der Waals surface area contributed by atoms with E-state index in [0.29, 0.717) is 49.2 Å². The molecule has 1 N–H and O–H groups in total. The maximum atomic E-state index is 12.6. The Hall–Kier alpha value is -2.29. The van der Waals surface area contributed by atoms with Gasteiger partial charge in [-0.25, -0.2) is 4.79 Å². The smallest absolute Gasteiger partial charge is 0.407 e. The highest BCUT2D eigenvalue weighted by Gasteiger charge is 2.42. The molecule has 3 saturated heterocycles. The van der Waals surface area contributed by atoms with Crippen molar-refractivity contribution in [2.45, 2.75) is 31.3 Å². The van der Waals surface area contributed by atoms with E-state index in [2.05, 4.69) is 10.2 Å². The molecule has 3 aliphatic rings. The molecule has 3 amide bonds. The number of nitrogens with zero attached hydrogens (tertiary/aromatic N) is 3. The van der Waals surface area contributed by atoms with Gasteiger partial charge in [0.05, 0.1) is 16.6 Å². The summed E-state index contributed by atoms with van der Waals surface area (Å²) in [5.74, 6) is -0.0321. The number of hydrogen-bond donors (Lipinski definition) is 1. The summed E-state index contributed by atoms with van der Waals surface area (Å²) in [6.45, 7) is 5.42. The summed E-state index contributed by atoms with van der Waals surface area (Å²) < 4.78 is 5.47. The second kappa shape index (κ2) is 11.0. The number of piperidine rings is 1. The summed E-state index contributed by atoms with van der Waals surface area (Å²) >= 11 is 12.0. The number of alkyl carbamates (subject to hydrolysis) is 1. The van der Waals surface area contributed by atoms with Crippen LogP contribution in [0.1, 0.15) is 31.2 Å².